The van der Waals surface area contributed by atoms with Gasteiger partial charge in [-0.3, -0.25) is 9.59 Å². The zero-order valence-electron chi connectivity index (χ0n) is 13.5. The number of halogens is 1. The number of hydrogen-bond acceptors (Lipinski definition) is 2. The lowest BCUT2D eigenvalue weighted by Crippen LogP contribution is -2.57. The predicted molar refractivity (Wildman–Crippen MR) is 82.0 cm³/mol. The van der Waals surface area contributed by atoms with Gasteiger partial charge in [-0.2, -0.15) is 0 Å². The number of alkyl halides is 1. The third-order valence-corrected chi connectivity index (χ3v) is 7.59. The van der Waals surface area contributed by atoms with Gasteiger partial charge in [0, 0.05) is 12.3 Å². The predicted octanol–water partition coefficient (Wildman–Crippen LogP) is 4.04. The Hall–Kier alpha value is -0.990. The van der Waals surface area contributed by atoms with Gasteiger partial charge in [-0.25, -0.2) is 4.39 Å². The van der Waals surface area contributed by atoms with Gasteiger partial charge in [0.25, 0.3) is 0 Å². The minimum absolute atomic E-state index is 0.0112. The Morgan fingerprint density at radius 1 is 1.09 bits per heavy atom. The lowest BCUT2D eigenvalue weighted by Gasteiger charge is -2.57. The molecule has 22 heavy (non-hydrogen) atoms. The highest BCUT2D eigenvalue weighted by molar-refractivity contribution is 5.97. The van der Waals surface area contributed by atoms with Crippen LogP contribution < -0.4 is 0 Å². The van der Waals surface area contributed by atoms with Crippen LogP contribution in [0.15, 0.2) is 11.6 Å². The fourth-order valence-corrected chi connectivity index (χ4v) is 6.26. The van der Waals surface area contributed by atoms with Crippen LogP contribution in [0.1, 0.15) is 58.8 Å². The molecule has 6 atom stereocenters. The molecule has 0 radical (unpaired) electrons. The van der Waals surface area contributed by atoms with Gasteiger partial charge in [0.1, 0.15) is 0 Å². The SMILES string of the molecule is C[C@@]12CCC[C@H]1[C@@H]1C(=O)C(F)C3=CC(=O)CC[C@]3(C)[C@H]1CC2. The van der Waals surface area contributed by atoms with E-state index in [1.165, 1.54) is 18.9 Å². The molecule has 120 valence electrons. The van der Waals surface area contributed by atoms with Crippen LogP contribution in [0.25, 0.3) is 0 Å². The molecule has 3 heteroatoms. The molecule has 0 aromatic heterocycles. The quantitative estimate of drug-likeness (QED) is 0.677. The summed E-state index contributed by atoms with van der Waals surface area (Å²) in [6, 6.07) is 0. The summed E-state index contributed by atoms with van der Waals surface area (Å²) < 4.78 is 14.9. The highest BCUT2D eigenvalue weighted by Gasteiger charge is 2.61. The van der Waals surface area contributed by atoms with Crippen LogP contribution in [0.5, 0.6) is 0 Å². The second-order valence-corrected chi connectivity index (χ2v) is 8.57. The Kier molecular flexibility index (Phi) is 3.00. The molecule has 4 aliphatic rings. The summed E-state index contributed by atoms with van der Waals surface area (Å²) in [4.78, 5) is 24.6. The number of ketones is 2. The van der Waals surface area contributed by atoms with E-state index in [0.717, 1.165) is 25.7 Å². The van der Waals surface area contributed by atoms with Crippen molar-refractivity contribution < 1.29 is 14.0 Å². The molecule has 3 fully saturated rings. The van der Waals surface area contributed by atoms with Crippen LogP contribution in [0.4, 0.5) is 4.39 Å². The summed E-state index contributed by atoms with van der Waals surface area (Å²) >= 11 is 0. The highest BCUT2D eigenvalue weighted by atomic mass is 19.1. The average Bonchev–Trinajstić information content (AvgIpc) is 2.88. The Balaban J connectivity index is 1.80. The maximum absolute atomic E-state index is 14.9. The van der Waals surface area contributed by atoms with Gasteiger partial charge in [-0.05, 0) is 66.4 Å². The van der Waals surface area contributed by atoms with E-state index in [9.17, 15) is 14.0 Å². The monoisotopic (exact) mass is 304 g/mol. The van der Waals surface area contributed by atoms with Crippen molar-refractivity contribution in [3.63, 3.8) is 0 Å². The number of Topliss-reactive ketones (excluding diaryl/α,β-unsaturated/α-hetero) is 1. The first-order chi connectivity index (χ1) is 10.4. The van der Waals surface area contributed by atoms with E-state index in [-0.39, 0.29) is 34.2 Å². The van der Waals surface area contributed by atoms with Crippen LogP contribution >= 0.6 is 0 Å². The van der Waals surface area contributed by atoms with E-state index in [4.69, 9.17) is 0 Å². The zero-order chi connectivity index (χ0) is 15.7. The van der Waals surface area contributed by atoms with Crippen LogP contribution in [0, 0.1) is 28.6 Å². The van der Waals surface area contributed by atoms with Gasteiger partial charge >= 0.3 is 0 Å². The third-order valence-electron chi connectivity index (χ3n) is 7.59. The second-order valence-electron chi connectivity index (χ2n) is 8.57. The summed E-state index contributed by atoms with van der Waals surface area (Å²) in [6.07, 6.45) is 6.74. The largest absolute Gasteiger partial charge is 0.296 e. The number of hydrogen-bond donors (Lipinski definition) is 0. The van der Waals surface area contributed by atoms with E-state index < -0.39 is 6.17 Å². The molecule has 0 spiro atoms. The maximum Gasteiger partial charge on any atom is 0.180 e. The Morgan fingerprint density at radius 2 is 1.86 bits per heavy atom. The number of carbonyl (C=O) groups excluding carboxylic acids is 2. The molecule has 0 saturated heterocycles. The van der Waals surface area contributed by atoms with Crippen molar-refractivity contribution >= 4 is 11.6 Å². The van der Waals surface area contributed by atoms with Crippen molar-refractivity contribution in [2.24, 2.45) is 28.6 Å². The molecule has 0 aromatic rings. The first-order valence-electron chi connectivity index (χ1n) is 8.79. The van der Waals surface area contributed by atoms with E-state index >= 15 is 0 Å². The van der Waals surface area contributed by atoms with Gasteiger partial charge < -0.3 is 0 Å². The van der Waals surface area contributed by atoms with Crippen molar-refractivity contribution in [3.8, 4) is 0 Å². The molecular formula is C19H25FO2. The minimum Gasteiger partial charge on any atom is -0.296 e. The molecule has 0 bridgehead atoms. The lowest BCUT2D eigenvalue weighted by molar-refractivity contribution is -0.145. The van der Waals surface area contributed by atoms with E-state index in [2.05, 4.69) is 13.8 Å². The van der Waals surface area contributed by atoms with Crippen molar-refractivity contribution in [3.05, 3.63) is 11.6 Å². The van der Waals surface area contributed by atoms with Crippen LogP contribution in [0.2, 0.25) is 0 Å². The molecule has 0 aliphatic heterocycles. The van der Waals surface area contributed by atoms with Gasteiger partial charge in [-0.1, -0.05) is 20.3 Å². The molecule has 2 nitrogen and oxygen atoms in total. The molecule has 1 unspecified atom stereocenters. The smallest absolute Gasteiger partial charge is 0.180 e. The van der Waals surface area contributed by atoms with Crippen molar-refractivity contribution in [2.45, 2.75) is 65.0 Å². The molecule has 0 amide bonds. The Bertz CT molecular complexity index is 580. The highest BCUT2D eigenvalue weighted by Crippen LogP contribution is 2.64. The standard InChI is InChI=1S/C19H25FO2/c1-18-7-3-4-12(18)15-13(6-8-18)19(2)9-5-11(21)10-14(19)16(20)17(15)22/h10,12-13,15-16H,3-9H2,1-2H3/t12-,13-,15-,16?,18-,19+/m0/s1. The first kappa shape index (κ1) is 14.6. The van der Waals surface area contributed by atoms with Crippen molar-refractivity contribution in [1.82, 2.24) is 0 Å². The van der Waals surface area contributed by atoms with Gasteiger partial charge in [0.05, 0.1) is 0 Å². The van der Waals surface area contributed by atoms with Gasteiger partial charge in [0.15, 0.2) is 17.7 Å². The number of carbonyl (C=O) groups is 2. The van der Waals surface area contributed by atoms with Crippen molar-refractivity contribution in [1.29, 1.82) is 0 Å². The number of rotatable bonds is 0. The molecule has 0 heterocycles. The zero-order valence-corrected chi connectivity index (χ0v) is 13.5. The van der Waals surface area contributed by atoms with Crippen LogP contribution in [-0.4, -0.2) is 17.7 Å². The van der Waals surface area contributed by atoms with E-state index in [1.54, 1.807) is 0 Å². The van der Waals surface area contributed by atoms with Crippen LogP contribution in [0.3, 0.4) is 0 Å². The molecule has 4 rings (SSSR count). The Morgan fingerprint density at radius 3 is 2.64 bits per heavy atom. The molecule has 0 N–H and O–H groups in total. The fourth-order valence-electron chi connectivity index (χ4n) is 6.26. The molecule has 3 saturated carbocycles. The van der Waals surface area contributed by atoms with Gasteiger partial charge in [0.2, 0.25) is 0 Å². The molecule has 4 aliphatic carbocycles. The van der Waals surface area contributed by atoms with Crippen LogP contribution in [-0.2, 0) is 9.59 Å². The van der Waals surface area contributed by atoms with E-state index in [0.29, 0.717) is 17.9 Å². The Labute approximate surface area is 131 Å². The summed E-state index contributed by atoms with van der Waals surface area (Å²) in [5, 5.41) is 0. The normalized spacial score (nSPS) is 51.0. The first-order valence-corrected chi connectivity index (χ1v) is 8.79. The average molecular weight is 304 g/mol. The maximum atomic E-state index is 14.9. The number of fused-ring (bicyclic) bond motifs is 5. The minimum atomic E-state index is -1.54. The fraction of sp³-hybridized carbons (Fsp3) is 0.789. The third kappa shape index (κ3) is 1.71. The second kappa shape index (κ2) is 4.52. The van der Waals surface area contributed by atoms with Crippen molar-refractivity contribution in [2.75, 3.05) is 0 Å². The van der Waals surface area contributed by atoms with E-state index in [1.807, 2.05) is 0 Å². The number of allylic oxidation sites excluding steroid dienone is 1. The van der Waals surface area contributed by atoms with Gasteiger partial charge in [-0.15, -0.1) is 0 Å². The summed E-state index contributed by atoms with van der Waals surface area (Å²) in [5.41, 5.74) is 0.450. The topological polar surface area (TPSA) is 34.1 Å². The summed E-state index contributed by atoms with van der Waals surface area (Å²) in [6.45, 7) is 4.42. The summed E-state index contributed by atoms with van der Waals surface area (Å²) in [7, 11) is 0. The lowest BCUT2D eigenvalue weighted by atomic mass is 9.47. The summed E-state index contributed by atoms with van der Waals surface area (Å²) in [5.74, 6) is 0.242. The molecular weight excluding hydrogens is 279 g/mol. The molecule has 0 aromatic carbocycles.